The maximum absolute atomic E-state index is 12.2. The second kappa shape index (κ2) is 16.6. The Morgan fingerprint density at radius 1 is 0.782 bits per heavy atom. The SMILES string of the molecule is CCC(C)(CC)C(=O)/C=C(\O)C(C)(CC)CC.Cc1cc(C)c2c(ccc3c(-c4[c-]ccc5c4oc4cc(-c6c(C)cccc6C)ccc45)ncnc32)c1.[Ir]. The van der Waals surface area contributed by atoms with Crippen LogP contribution < -0.4 is 0 Å². The van der Waals surface area contributed by atoms with Gasteiger partial charge < -0.3 is 9.52 Å². The standard InChI is InChI=1S/C34H25N2O.C15H28O2.Ir/c1-19-15-22(4)31-23(16-19)12-14-27-32(35-18-36-33(27)31)28-10-6-9-26-25-13-11-24(17-29(25)37-34(26)28)30-20(2)7-5-8-21(30)3;1-7-14(5,8-2)12(16)11-13(17)15(6,9-3)10-4;/h5-9,11-18H,1-4H3;11,16H,7-10H2,1-6H3;/q-1;;/b;12-11-;. The minimum atomic E-state index is -0.337. The van der Waals surface area contributed by atoms with E-state index in [0.717, 1.165) is 75.3 Å². The van der Waals surface area contributed by atoms with Gasteiger partial charge in [0.15, 0.2) is 5.78 Å². The number of ketones is 1. The molecule has 0 spiro atoms. The first kappa shape index (κ1) is 41.5. The van der Waals surface area contributed by atoms with Gasteiger partial charge in [0.1, 0.15) is 17.7 Å². The monoisotopic (exact) mass is 910 g/mol. The number of aliphatic hydroxyl groups excluding tert-OH is 1. The van der Waals surface area contributed by atoms with Gasteiger partial charge in [-0.05, 0) is 98.0 Å². The quantitative estimate of drug-likeness (QED) is 0.0676. The summed E-state index contributed by atoms with van der Waals surface area (Å²) in [4.78, 5) is 21.6. The van der Waals surface area contributed by atoms with E-state index >= 15 is 0 Å². The molecule has 1 radical (unpaired) electrons. The number of carbonyl (C=O) groups excluding carboxylic acids is 1. The second-order valence-corrected chi connectivity index (χ2v) is 15.5. The van der Waals surface area contributed by atoms with Crippen molar-refractivity contribution in [3.63, 3.8) is 0 Å². The predicted molar refractivity (Wildman–Crippen MR) is 226 cm³/mol. The Morgan fingerprint density at radius 3 is 2.09 bits per heavy atom. The van der Waals surface area contributed by atoms with Crippen molar-refractivity contribution in [3.05, 3.63) is 119 Å². The Balaban J connectivity index is 0.000000276. The molecule has 7 aromatic rings. The number of allylic oxidation sites excluding steroid dienone is 2. The molecule has 0 fully saturated rings. The zero-order chi connectivity index (χ0) is 38.9. The minimum absolute atomic E-state index is 0. The number of furan rings is 1. The molecule has 0 aliphatic rings. The van der Waals surface area contributed by atoms with Gasteiger partial charge in [-0.2, -0.15) is 0 Å². The maximum Gasteiger partial charge on any atom is 0.164 e. The molecule has 0 aliphatic carbocycles. The fourth-order valence-electron chi connectivity index (χ4n) is 7.61. The van der Waals surface area contributed by atoms with E-state index in [1.54, 1.807) is 6.33 Å². The number of nitrogens with zero attached hydrogens (tertiary/aromatic N) is 2. The average Bonchev–Trinajstić information content (AvgIpc) is 3.55. The largest absolute Gasteiger partial charge is 0.512 e. The van der Waals surface area contributed by atoms with Crippen molar-refractivity contribution in [2.45, 2.75) is 94.9 Å². The molecule has 55 heavy (non-hydrogen) atoms. The van der Waals surface area contributed by atoms with Crippen molar-refractivity contribution in [3.8, 4) is 22.4 Å². The first-order valence-electron chi connectivity index (χ1n) is 19.3. The molecular formula is C49H53IrN2O3-. The van der Waals surface area contributed by atoms with Crippen molar-refractivity contribution in [1.29, 1.82) is 0 Å². The van der Waals surface area contributed by atoms with Crippen molar-refractivity contribution < 1.29 is 34.4 Å². The van der Waals surface area contributed by atoms with Crippen molar-refractivity contribution in [2.75, 3.05) is 0 Å². The van der Waals surface area contributed by atoms with Crippen LogP contribution in [0, 0.1) is 44.6 Å². The Labute approximate surface area is 339 Å². The van der Waals surface area contributed by atoms with E-state index in [4.69, 9.17) is 14.4 Å². The number of carbonyl (C=O) groups is 1. The summed E-state index contributed by atoms with van der Waals surface area (Å²) in [5, 5.41) is 15.7. The van der Waals surface area contributed by atoms with Crippen LogP contribution in [0.2, 0.25) is 0 Å². The summed E-state index contributed by atoms with van der Waals surface area (Å²) < 4.78 is 6.56. The molecule has 0 unspecified atom stereocenters. The number of benzene rings is 5. The van der Waals surface area contributed by atoms with E-state index < -0.39 is 0 Å². The molecule has 2 aromatic heterocycles. The number of hydrogen-bond donors (Lipinski definition) is 1. The average molecular weight is 910 g/mol. The van der Waals surface area contributed by atoms with Gasteiger partial charge in [-0.25, -0.2) is 4.98 Å². The fourth-order valence-corrected chi connectivity index (χ4v) is 7.61. The Bertz CT molecular complexity index is 2530. The summed E-state index contributed by atoms with van der Waals surface area (Å²) in [5.41, 5.74) is 11.1. The third-order valence-corrected chi connectivity index (χ3v) is 12.1. The van der Waals surface area contributed by atoms with Crippen LogP contribution in [0.4, 0.5) is 0 Å². The zero-order valence-corrected chi connectivity index (χ0v) is 36.3. The van der Waals surface area contributed by atoms with Crippen molar-refractivity contribution >= 4 is 49.4 Å². The van der Waals surface area contributed by atoms with Gasteiger partial charge >= 0.3 is 0 Å². The molecule has 0 atom stereocenters. The number of aromatic nitrogens is 2. The second-order valence-electron chi connectivity index (χ2n) is 15.5. The summed E-state index contributed by atoms with van der Waals surface area (Å²) in [6.07, 6.45) is 6.41. The van der Waals surface area contributed by atoms with Gasteiger partial charge in [-0.1, -0.05) is 113 Å². The van der Waals surface area contributed by atoms with E-state index in [1.807, 2.05) is 47.6 Å². The summed E-state index contributed by atoms with van der Waals surface area (Å²) in [6, 6.07) is 29.1. The molecule has 0 bridgehead atoms. The molecule has 5 aromatic carbocycles. The molecule has 0 aliphatic heterocycles. The Kier molecular flexibility index (Phi) is 12.5. The van der Waals surface area contributed by atoms with E-state index in [9.17, 15) is 9.90 Å². The molecule has 287 valence electrons. The number of rotatable bonds is 9. The molecule has 7 rings (SSSR count). The predicted octanol–water partition coefficient (Wildman–Crippen LogP) is 13.7. The van der Waals surface area contributed by atoms with Crippen LogP contribution >= 0.6 is 0 Å². The third kappa shape index (κ3) is 7.77. The molecule has 0 saturated heterocycles. The van der Waals surface area contributed by atoms with Crippen molar-refractivity contribution in [1.82, 2.24) is 9.97 Å². The molecule has 5 nitrogen and oxygen atoms in total. The van der Waals surface area contributed by atoms with Gasteiger partial charge in [0, 0.05) is 53.5 Å². The maximum atomic E-state index is 12.2. The summed E-state index contributed by atoms with van der Waals surface area (Å²) in [6.45, 7) is 20.7. The van der Waals surface area contributed by atoms with Crippen LogP contribution in [0.1, 0.15) is 89.5 Å². The van der Waals surface area contributed by atoms with Gasteiger partial charge in [-0.3, -0.25) is 9.78 Å². The van der Waals surface area contributed by atoms with Crippen LogP contribution in [0.25, 0.3) is 66.0 Å². The third-order valence-electron chi connectivity index (χ3n) is 12.1. The number of hydrogen-bond acceptors (Lipinski definition) is 5. The van der Waals surface area contributed by atoms with Gasteiger partial charge in [0.25, 0.3) is 0 Å². The summed E-state index contributed by atoms with van der Waals surface area (Å²) in [7, 11) is 0. The smallest absolute Gasteiger partial charge is 0.164 e. The Hall–Kier alpha value is -4.64. The van der Waals surface area contributed by atoms with Crippen LogP contribution in [0.5, 0.6) is 0 Å². The first-order chi connectivity index (χ1) is 25.8. The van der Waals surface area contributed by atoms with Gasteiger partial charge in [0.05, 0.1) is 11.1 Å². The van der Waals surface area contributed by atoms with E-state index in [1.165, 1.54) is 44.7 Å². The summed E-state index contributed by atoms with van der Waals surface area (Å²) in [5.74, 6) is 0.286. The minimum Gasteiger partial charge on any atom is -0.512 e. The van der Waals surface area contributed by atoms with Gasteiger partial charge in [-0.15, -0.1) is 18.2 Å². The van der Waals surface area contributed by atoms with Crippen molar-refractivity contribution in [2.24, 2.45) is 10.8 Å². The normalized spacial score (nSPS) is 12.2. The van der Waals surface area contributed by atoms with Crippen LogP contribution in [0.3, 0.4) is 0 Å². The number of aliphatic hydroxyl groups is 1. The van der Waals surface area contributed by atoms with Crippen LogP contribution in [-0.4, -0.2) is 20.9 Å². The number of fused-ring (bicyclic) bond motifs is 6. The molecule has 0 amide bonds. The molecule has 6 heteroatoms. The van der Waals surface area contributed by atoms with Crippen LogP contribution in [0.15, 0.2) is 95.4 Å². The molecule has 2 heterocycles. The van der Waals surface area contributed by atoms with E-state index in [0.29, 0.717) is 0 Å². The fraction of sp³-hybridized carbons (Fsp3) is 0.327. The van der Waals surface area contributed by atoms with Crippen LogP contribution in [-0.2, 0) is 24.9 Å². The Morgan fingerprint density at radius 2 is 1.44 bits per heavy atom. The zero-order valence-electron chi connectivity index (χ0n) is 33.9. The van der Waals surface area contributed by atoms with E-state index in [-0.39, 0.29) is 42.5 Å². The van der Waals surface area contributed by atoms with Gasteiger partial charge in [0.2, 0.25) is 0 Å². The number of aryl methyl sites for hydroxylation is 4. The summed E-state index contributed by atoms with van der Waals surface area (Å²) >= 11 is 0. The molecular weight excluding hydrogens is 857 g/mol. The molecule has 0 saturated carbocycles. The molecule has 1 N–H and O–H groups in total. The first-order valence-corrected chi connectivity index (χ1v) is 19.3. The topological polar surface area (TPSA) is 76.2 Å². The van der Waals surface area contributed by atoms with E-state index in [2.05, 4.69) is 100 Å².